The Morgan fingerprint density at radius 1 is 0.877 bits per heavy atom. The van der Waals surface area contributed by atoms with Crippen LogP contribution in [0.3, 0.4) is 0 Å². The van der Waals surface area contributed by atoms with Gasteiger partial charge in [0, 0.05) is 43.4 Å². The Labute approximate surface area is 436 Å². The fourth-order valence-corrected chi connectivity index (χ4v) is 11.3. The fourth-order valence-electron chi connectivity index (χ4n) is 11.3. The number of aliphatic carboxylic acids is 1. The Bertz CT molecular complexity index is 2000. The van der Waals surface area contributed by atoms with E-state index in [9.17, 15) is 39.9 Å². The summed E-state index contributed by atoms with van der Waals surface area (Å²) >= 11 is 0. The molecule has 3 fully saturated rings. The zero-order chi connectivity index (χ0) is 55.7. The molecule has 0 aromatic carbocycles. The molecule has 418 valence electrons. The highest BCUT2D eigenvalue weighted by atomic mass is 16.7. The molecule has 1 aliphatic carbocycles. The number of carbonyl (C=O) groups is 3. The van der Waals surface area contributed by atoms with Gasteiger partial charge < -0.3 is 64.0 Å². The average Bonchev–Trinajstić information content (AvgIpc) is 3.29. The highest BCUT2D eigenvalue weighted by Gasteiger charge is 2.53. The number of allylic oxidation sites excluding steroid dienone is 9. The first-order chi connectivity index (χ1) is 33.6. The number of carboxylic acid groups (broad SMARTS) is 1. The van der Waals surface area contributed by atoms with E-state index in [4.69, 9.17) is 33.5 Å². The number of hydrogen-bond donors (Lipinski definition) is 6. The van der Waals surface area contributed by atoms with Gasteiger partial charge in [-0.25, -0.2) is 4.79 Å². The number of hydrogen-bond acceptors (Lipinski definition) is 15. The highest BCUT2D eigenvalue weighted by molar-refractivity contribution is 5.83. The topological polar surface area (TPSA) is 231 Å². The third kappa shape index (κ3) is 16.7. The van der Waals surface area contributed by atoms with Crippen LogP contribution in [0.1, 0.15) is 149 Å². The molecule has 0 aromatic heterocycles. The van der Waals surface area contributed by atoms with E-state index < -0.39 is 114 Å². The molecule has 0 amide bonds. The van der Waals surface area contributed by atoms with E-state index in [0.29, 0.717) is 6.42 Å². The van der Waals surface area contributed by atoms with Crippen molar-refractivity contribution < 1.29 is 73.4 Å². The highest BCUT2D eigenvalue weighted by Crippen LogP contribution is 2.42. The Hall–Kier alpha value is -3.13. The molecule has 0 bridgehead atoms. The number of nitrogens with zero attached hydrogens (tertiary/aromatic N) is 1. The SMILES string of the molecule is CC1=C(/C=C/C(C)=C/C=C/C(C)=C\C(=O)O)C(C)(C)CCC1.CC[C@H]1OC(=O)[C@H](C)[C@@H](O[C@H]2C[C@@](C)(OC)[C@@H](O)[C@H](C)O2)[C@H](C)[C@@H](O[C@@H]2O[C@H](C)C[C@H](N(C)C)[C@H]2O)[C@](C)(O)C[C@@H](C)C(=O)[C@H](C)[C@@H](O)[C@]1(C)O. The molecule has 4 rings (SSSR count). The van der Waals surface area contributed by atoms with E-state index in [-0.39, 0.29) is 36.8 Å². The van der Waals surface area contributed by atoms with Crippen LogP contribution >= 0.6 is 0 Å². The lowest BCUT2D eigenvalue weighted by atomic mass is 9.72. The maximum absolute atomic E-state index is 14.1. The Balaban J connectivity index is 0.000000533. The molecule has 73 heavy (non-hydrogen) atoms. The molecule has 3 saturated heterocycles. The lowest BCUT2D eigenvalue weighted by Gasteiger charge is -2.49. The number of methoxy groups -OCH3 is 1. The number of aliphatic hydroxyl groups is 5. The molecule has 3 heterocycles. The number of carbonyl (C=O) groups excluding carboxylic acids is 2. The second-order valence-electron chi connectivity index (χ2n) is 23.2. The average molecular weight is 1030 g/mol. The number of cyclic esters (lactones) is 1. The zero-order valence-corrected chi connectivity index (χ0v) is 47.4. The number of ether oxygens (including phenoxy) is 6. The lowest BCUT2D eigenvalue weighted by molar-refractivity contribution is -0.318. The summed E-state index contributed by atoms with van der Waals surface area (Å²) in [4.78, 5) is 40.3. The standard InChI is InChI=1S/C37H67NO13.C20H28O2/c1-14-25-37(10,45)30(41)20(4)27(39)18(2)16-35(8,44)32(51-34-28(40)24(38(11)12)15-19(3)47-34)21(5)29(22(6)33(43)49-25)50-26-17-36(9,46-13)31(42)23(7)48-26;1-15(8-6-9-16(2)14-19(21)22)11-12-18-17(3)10-7-13-20(18,4)5/h18-26,28-32,34,40-42,44-45H,14-17H2,1-13H3;6,8-9,11-12,14H,7,10,13H2,1-5H3,(H,21,22)/b;9-6+,12-11+,15-8+,16-14-/t18-,19-,20+,21+,22-,23+,24+,25-,26+,28-,29+,30-,31+,32-,34+,35-,36-,37-;/m1./s1. The van der Waals surface area contributed by atoms with Crippen molar-refractivity contribution in [2.75, 3.05) is 21.2 Å². The molecule has 18 atom stereocenters. The number of rotatable bonds is 12. The first kappa shape index (κ1) is 64.2. The van der Waals surface area contributed by atoms with Gasteiger partial charge in [-0.1, -0.05) is 83.1 Å². The van der Waals surface area contributed by atoms with Gasteiger partial charge in [0.2, 0.25) is 0 Å². The summed E-state index contributed by atoms with van der Waals surface area (Å²) in [6.07, 6.45) is 5.30. The van der Waals surface area contributed by atoms with Crippen molar-refractivity contribution in [2.45, 2.75) is 233 Å². The predicted octanol–water partition coefficient (Wildman–Crippen LogP) is 7.39. The summed E-state index contributed by atoms with van der Waals surface area (Å²) in [5, 5.41) is 66.3. The summed E-state index contributed by atoms with van der Waals surface area (Å²) in [6.45, 7) is 27.0. The molecule has 16 nitrogen and oxygen atoms in total. The van der Waals surface area contributed by atoms with Crippen LogP contribution in [-0.4, -0.2) is 159 Å². The van der Waals surface area contributed by atoms with Crippen molar-refractivity contribution in [3.8, 4) is 0 Å². The first-order valence-corrected chi connectivity index (χ1v) is 26.4. The second kappa shape index (κ2) is 26.8. The first-order valence-electron chi connectivity index (χ1n) is 26.4. The minimum absolute atomic E-state index is 0.0936. The van der Waals surface area contributed by atoms with Crippen LogP contribution in [0.15, 0.2) is 58.7 Å². The van der Waals surface area contributed by atoms with E-state index in [1.807, 2.05) is 38.1 Å². The number of likely N-dealkylation sites (N-methyl/N-ethyl adjacent to an activating group) is 1. The number of carboxylic acids is 1. The van der Waals surface area contributed by atoms with Crippen LogP contribution in [0.25, 0.3) is 0 Å². The second-order valence-corrected chi connectivity index (χ2v) is 23.2. The quantitative estimate of drug-likeness (QED) is 0.0636. The van der Waals surface area contributed by atoms with Gasteiger partial charge in [-0.15, -0.1) is 0 Å². The normalized spacial score (nSPS) is 40.8. The van der Waals surface area contributed by atoms with E-state index in [1.54, 1.807) is 54.5 Å². The van der Waals surface area contributed by atoms with Gasteiger partial charge in [-0.2, -0.15) is 0 Å². The smallest absolute Gasteiger partial charge is 0.328 e. The number of esters is 1. The van der Waals surface area contributed by atoms with Crippen molar-refractivity contribution in [2.24, 2.45) is 29.1 Å². The zero-order valence-electron chi connectivity index (χ0n) is 47.4. The third-order valence-corrected chi connectivity index (χ3v) is 15.9. The summed E-state index contributed by atoms with van der Waals surface area (Å²) < 4.78 is 37.1. The molecule has 0 aromatic rings. The van der Waals surface area contributed by atoms with E-state index in [0.717, 1.165) is 11.1 Å². The van der Waals surface area contributed by atoms with Crippen molar-refractivity contribution >= 4 is 17.7 Å². The van der Waals surface area contributed by atoms with Gasteiger partial charge in [0.05, 0.1) is 47.6 Å². The number of Topliss-reactive ketones (excluding diaryl/α,β-unsaturated/α-hetero) is 1. The number of aliphatic hydroxyl groups excluding tert-OH is 3. The monoisotopic (exact) mass is 1030 g/mol. The van der Waals surface area contributed by atoms with Gasteiger partial charge in [0.15, 0.2) is 12.6 Å². The van der Waals surface area contributed by atoms with Crippen molar-refractivity contribution in [1.29, 1.82) is 0 Å². The predicted molar refractivity (Wildman–Crippen MR) is 280 cm³/mol. The molecular formula is C57H95NO15. The molecule has 0 unspecified atom stereocenters. The van der Waals surface area contributed by atoms with E-state index in [1.165, 1.54) is 64.4 Å². The van der Waals surface area contributed by atoms with Crippen molar-refractivity contribution in [1.82, 2.24) is 4.90 Å². The van der Waals surface area contributed by atoms with Crippen molar-refractivity contribution in [3.63, 3.8) is 0 Å². The van der Waals surface area contributed by atoms with Crippen LogP contribution in [0.5, 0.6) is 0 Å². The maximum Gasteiger partial charge on any atom is 0.328 e. The Kier molecular flexibility index (Phi) is 23.5. The number of ketones is 1. The maximum atomic E-state index is 14.1. The van der Waals surface area contributed by atoms with Crippen LogP contribution < -0.4 is 0 Å². The van der Waals surface area contributed by atoms with Gasteiger partial charge in [-0.05, 0) is 131 Å². The van der Waals surface area contributed by atoms with Gasteiger partial charge >= 0.3 is 11.9 Å². The minimum Gasteiger partial charge on any atom is -0.478 e. The van der Waals surface area contributed by atoms with Crippen LogP contribution in [0.4, 0.5) is 0 Å². The molecular weight excluding hydrogens is 939 g/mol. The van der Waals surface area contributed by atoms with E-state index in [2.05, 4.69) is 39.8 Å². The lowest BCUT2D eigenvalue weighted by Crippen LogP contribution is -2.61. The largest absolute Gasteiger partial charge is 0.478 e. The summed E-state index contributed by atoms with van der Waals surface area (Å²) in [5.41, 5.74) is 0.256. The summed E-state index contributed by atoms with van der Waals surface area (Å²) in [5.74, 6) is -5.89. The fraction of sp³-hybridized carbons (Fsp3) is 0.772. The van der Waals surface area contributed by atoms with Gasteiger partial charge in [0.25, 0.3) is 0 Å². The Morgan fingerprint density at radius 2 is 1.51 bits per heavy atom. The van der Waals surface area contributed by atoms with Crippen LogP contribution in [-0.2, 0) is 42.8 Å². The van der Waals surface area contributed by atoms with Gasteiger partial charge in [0.1, 0.15) is 29.7 Å². The molecule has 0 radical (unpaired) electrons. The van der Waals surface area contributed by atoms with Crippen molar-refractivity contribution in [3.05, 3.63) is 58.7 Å². The Morgan fingerprint density at radius 3 is 2.07 bits per heavy atom. The third-order valence-electron chi connectivity index (χ3n) is 15.9. The summed E-state index contributed by atoms with van der Waals surface area (Å²) in [7, 11) is 5.18. The molecule has 3 aliphatic heterocycles. The molecule has 0 spiro atoms. The molecule has 0 saturated carbocycles. The van der Waals surface area contributed by atoms with Gasteiger partial charge in [-0.3, -0.25) is 9.59 Å². The molecule has 6 N–H and O–H groups in total. The molecule has 4 aliphatic rings. The van der Waals surface area contributed by atoms with Crippen LogP contribution in [0, 0.1) is 29.1 Å². The molecule has 16 heteroatoms. The summed E-state index contributed by atoms with van der Waals surface area (Å²) in [6, 6.07) is -0.324. The van der Waals surface area contributed by atoms with E-state index >= 15 is 0 Å². The van der Waals surface area contributed by atoms with Crippen LogP contribution in [0.2, 0.25) is 0 Å². The minimum atomic E-state index is -1.99.